The third kappa shape index (κ3) is 1.73. The Hall–Kier alpha value is -1.67. The molecule has 0 saturated carbocycles. The summed E-state index contributed by atoms with van der Waals surface area (Å²) in [6.07, 6.45) is 2.97. The summed E-state index contributed by atoms with van der Waals surface area (Å²) in [7, 11) is 0. The Morgan fingerprint density at radius 1 is 1.22 bits per heavy atom. The van der Waals surface area contributed by atoms with E-state index in [1.165, 1.54) is 32.3 Å². The molecule has 1 nitrogen and oxygen atoms in total. The van der Waals surface area contributed by atoms with Crippen LogP contribution in [0.3, 0.4) is 0 Å². The molecule has 0 aromatic heterocycles. The first-order valence-electron chi connectivity index (χ1n) is 6.15. The lowest BCUT2D eigenvalue weighted by Gasteiger charge is -2.24. The summed E-state index contributed by atoms with van der Waals surface area (Å²) >= 11 is 1.83. The fourth-order valence-electron chi connectivity index (χ4n) is 2.25. The molecule has 90 valence electrons. The first kappa shape index (κ1) is 11.4. The highest BCUT2D eigenvalue weighted by molar-refractivity contribution is 7.99. The fourth-order valence-corrected chi connectivity index (χ4v) is 3.39. The fraction of sp³-hybridized carbons (Fsp3) is 0.125. The lowest BCUT2D eigenvalue weighted by atomic mass is 10.1. The molecule has 0 atom stereocenters. The van der Waals surface area contributed by atoms with Crippen molar-refractivity contribution in [1.82, 2.24) is 0 Å². The largest absolute Gasteiger partial charge is 0.353 e. The topological polar surface area (TPSA) is 12.0 Å². The van der Waals surface area contributed by atoms with Crippen LogP contribution in [-0.4, -0.2) is 0 Å². The molecule has 3 rings (SSSR count). The normalized spacial score (nSPS) is 12.3. The van der Waals surface area contributed by atoms with Gasteiger partial charge in [-0.1, -0.05) is 55.6 Å². The maximum atomic E-state index is 3.91. The van der Waals surface area contributed by atoms with Crippen molar-refractivity contribution in [2.24, 2.45) is 0 Å². The summed E-state index contributed by atoms with van der Waals surface area (Å²) in [4.78, 5) is 2.57. The zero-order chi connectivity index (χ0) is 12.5. The van der Waals surface area contributed by atoms with Gasteiger partial charge in [-0.05, 0) is 29.7 Å². The van der Waals surface area contributed by atoms with Crippen LogP contribution in [0.25, 0.3) is 6.08 Å². The summed E-state index contributed by atoms with van der Waals surface area (Å²) in [5.41, 5.74) is 5.01. The van der Waals surface area contributed by atoms with Gasteiger partial charge in [0.15, 0.2) is 0 Å². The Balaban J connectivity index is 2.18. The second-order valence-corrected chi connectivity index (χ2v) is 5.35. The minimum absolute atomic E-state index is 1.04. The number of hydrogen-bond acceptors (Lipinski definition) is 2. The molecule has 1 aliphatic heterocycles. The first-order chi connectivity index (χ1) is 8.83. The maximum Gasteiger partial charge on any atom is 0.0564 e. The number of aryl methyl sites for hydroxylation is 1. The average Bonchev–Trinajstić information content (AvgIpc) is 2.44. The molecule has 0 spiro atoms. The summed E-state index contributed by atoms with van der Waals surface area (Å²) in [6, 6.07) is 12.8. The van der Waals surface area contributed by atoms with Gasteiger partial charge in [0.05, 0.1) is 11.4 Å². The maximum absolute atomic E-state index is 3.91. The average molecular weight is 253 g/mol. The standard InChI is InChI=1S/C16H15NS/c1-3-11-9-10-12(4-2)16-15(11)17-13-7-5-6-8-14(13)18-16/h4-10,17H,2-3H2,1H3. The summed E-state index contributed by atoms with van der Waals surface area (Å²) in [5.74, 6) is 0. The van der Waals surface area contributed by atoms with Crippen LogP contribution in [0.1, 0.15) is 18.1 Å². The van der Waals surface area contributed by atoms with E-state index < -0.39 is 0 Å². The number of hydrogen-bond donors (Lipinski definition) is 1. The van der Waals surface area contributed by atoms with Crippen LogP contribution >= 0.6 is 11.8 Å². The Labute approximate surface area is 112 Å². The van der Waals surface area contributed by atoms with Crippen LogP contribution in [0.2, 0.25) is 0 Å². The molecule has 0 unspecified atom stereocenters. The van der Waals surface area contributed by atoms with Crippen LogP contribution in [0.15, 0.2) is 52.8 Å². The molecule has 0 fully saturated rings. The molecule has 0 bridgehead atoms. The van der Waals surface area contributed by atoms with Crippen molar-refractivity contribution in [3.8, 4) is 0 Å². The summed E-state index contributed by atoms with van der Waals surface area (Å²) in [6.45, 7) is 6.10. The van der Waals surface area contributed by atoms with Gasteiger partial charge in [0.25, 0.3) is 0 Å². The molecule has 0 aliphatic carbocycles. The highest BCUT2D eigenvalue weighted by atomic mass is 32.2. The van der Waals surface area contributed by atoms with Crippen molar-refractivity contribution in [1.29, 1.82) is 0 Å². The van der Waals surface area contributed by atoms with Crippen LogP contribution in [-0.2, 0) is 6.42 Å². The number of rotatable bonds is 2. The molecular formula is C16H15NS. The molecule has 2 aromatic carbocycles. The van der Waals surface area contributed by atoms with Crippen molar-refractivity contribution >= 4 is 29.2 Å². The zero-order valence-electron chi connectivity index (χ0n) is 10.4. The van der Waals surface area contributed by atoms with Crippen molar-refractivity contribution < 1.29 is 0 Å². The summed E-state index contributed by atoms with van der Waals surface area (Å²) in [5, 5.41) is 3.57. The molecule has 0 amide bonds. The van der Waals surface area contributed by atoms with Gasteiger partial charge in [-0.15, -0.1) is 0 Å². The quantitative estimate of drug-likeness (QED) is 0.682. The number of anilines is 2. The summed E-state index contributed by atoms with van der Waals surface area (Å²) < 4.78 is 0. The molecule has 1 heterocycles. The SMILES string of the molecule is C=Cc1ccc(CC)c2c1Sc1ccccc1N2. The molecule has 2 heteroatoms. The molecule has 18 heavy (non-hydrogen) atoms. The number of para-hydroxylation sites is 1. The van der Waals surface area contributed by atoms with Gasteiger partial charge in [0.2, 0.25) is 0 Å². The smallest absolute Gasteiger partial charge is 0.0564 e. The predicted molar refractivity (Wildman–Crippen MR) is 79.8 cm³/mol. The molecule has 1 aliphatic rings. The van der Waals surface area contributed by atoms with Crippen LogP contribution in [0.4, 0.5) is 11.4 Å². The highest BCUT2D eigenvalue weighted by Crippen LogP contribution is 2.47. The molecule has 0 saturated heterocycles. The van der Waals surface area contributed by atoms with E-state index >= 15 is 0 Å². The number of nitrogens with one attached hydrogen (secondary N) is 1. The lowest BCUT2D eigenvalue weighted by molar-refractivity contribution is 1.11. The minimum atomic E-state index is 1.04. The Morgan fingerprint density at radius 3 is 2.83 bits per heavy atom. The van der Waals surface area contributed by atoms with Gasteiger partial charge in [-0.3, -0.25) is 0 Å². The van der Waals surface area contributed by atoms with Gasteiger partial charge in [0.1, 0.15) is 0 Å². The Kier molecular flexibility index (Phi) is 2.88. The molecular weight excluding hydrogens is 238 g/mol. The number of fused-ring (bicyclic) bond motifs is 2. The van der Waals surface area contributed by atoms with E-state index in [0.717, 1.165) is 6.42 Å². The van der Waals surface area contributed by atoms with Crippen molar-refractivity contribution in [3.05, 3.63) is 54.1 Å². The third-order valence-corrected chi connectivity index (χ3v) is 4.45. The molecule has 0 radical (unpaired) electrons. The van der Waals surface area contributed by atoms with Gasteiger partial charge in [-0.25, -0.2) is 0 Å². The van der Waals surface area contributed by atoms with Gasteiger partial charge >= 0.3 is 0 Å². The van der Waals surface area contributed by atoms with Gasteiger partial charge in [0, 0.05) is 9.79 Å². The van der Waals surface area contributed by atoms with Crippen molar-refractivity contribution in [3.63, 3.8) is 0 Å². The van der Waals surface area contributed by atoms with Gasteiger partial charge in [-0.2, -0.15) is 0 Å². The first-order valence-corrected chi connectivity index (χ1v) is 6.97. The second kappa shape index (κ2) is 4.54. The van der Waals surface area contributed by atoms with E-state index in [0.29, 0.717) is 0 Å². The van der Waals surface area contributed by atoms with E-state index in [9.17, 15) is 0 Å². The van der Waals surface area contributed by atoms with E-state index in [4.69, 9.17) is 0 Å². The second-order valence-electron chi connectivity index (χ2n) is 4.30. The van der Waals surface area contributed by atoms with Crippen LogP contribution < -0.4 is 5.32 Å². The third-order valence-electron chi connectivity index (χ3n) is 3.23. The molecule has 2 aromatic rings. The Bertz CT molecular complexity index is 616. The zero-order valence-corrected chi connectivity index (χ0v) is 11.2. The van der Waals surface area contributed by atoms with E-state index in [2.05, 4.69) is 55.2 Å². The van der Waals surface area contributed by atoms with Crippen molar-refractivity contribution in [2.75, 3.05) is 5.32 Å². The highest BCUT2D eigenvalue weighted by Gasteiger charge is 2.19. The minimum Gasteiger partial charge on any atom is -0.353 e. The molecule has 1 N–H and O–H groups in total. The van der Waals surface area contributed by atoms with E-state index in [-0.39, 0.29) is 0 Å². The van der Waals surface area contributed by atoms with Crippen molar-refractivity contribution in [2.45, 2.75) is 23.1 Å². The van der Waals surface area contributed by atoms with Crippen LogP contribution in [0.5, 0.6) is 0 Å². The van der Waals surface area contributed by atoms with E-state index in [1.54, 1.807) is 0 Å². The predicted octanol–water partition coefficient (Wildman–Crippen LogP) is 5.10. The lowest BCUT2D eigenvalue weighted by Crippen LogP contribution is -2.04. The number of benzene rings is 2. The van der Waals surface area contributed by atoms with E-state index in [1.807, 2.05) is 17.8 Å². The van der Waals surface area contributed by atoms with Gasteiger partial charge < -0.3 is 5.32 Å². The van der Waals surface area contributed by atoms with Crippen LogP contribution in [0, 0.1) is 0 Å². The monoisotopic (exact) mass is 253 g/mol. The Morgan fingerprint density at radius 2 is 2.06 bits per heavy atom.